The maximum absolute atomic E-state index is 13.4. The van der Waals surface area contributed by atoms with Gasteiger partial charge in [-0.2, -0.15) is 0 Å². The molecule has 0 spiro atoms. The van der Waals surface area contributed by atoms with Crippen LogP contribution in [0.15, 0.2) is 53.8 Å². The van der Waals surface area contributed by atoms with Crippen LogP contribution in [0.5, 0.6) is 11.6 Å². The van der Waals surface area contributed by atoms with E-state index in [1.807, 2.05) is 32.2 Å². The third-order valence-electron chi connectivity index (χ3n) is 3.69. The molecule has 3 rings (SSSR count). The number of aryl methyl sites for hydroxylation is 1. The zero-order valence-electron chi connectivity index (χ0n) is 16.2. The molecule has 3 aromatic rings. The molecule has 0 unspecified atom stereocenters. The molecule has 2 heterocycles. The third kappa shape index (κ3) is 7.24. The Balaban J connectivity index is 0.00000300. The molecule has 0 bridgehead atoms. The van der Waals surface area contributed by atoms with Crippen LogP contribution in [0.25, 0.3) is 0 Å². The predicted octanol–water partition coefficient (Wildman–Crippen LogP) is 4.65. The number of aliphatic imine (C=N–C) groups is 1. The van der Waals surface area contributed by atoms with E-state index in [1.54, 1.807) is 29.7 Å². The van der Waals surface area contributed by atoms with Gasteiger partial charge in [-0.25, -0.2) is 19.4 Å². The van der Waals surface area contributed by atoms with Crippen LogP contribution >= 0.6 is 35.3 Å². The molecule has 0 amide bonds. The summed E-state index contributed by atoms with van der Waals surface area (Å²) in [5, 5.41) is 7.48. The molecule has 0 saturated carbocycles. The van der Waals surface area contributed by atoms with Crippen molar-refractivity contribution in [1.82, 2.24) is 20.6 Å². The molecule has 1 aromatic carbocycles. The summed E-state index contributed by atoms with van der Waals surface area (Å²) in [6.45, 7) is 5.74. The van der Waals surface area contributed by atoms with Gasteiger partial charge in [0.25, 0.3) is 0 Å². The van der Waals surface area contributed by atoms with E-state index in [1.165, 1.54) is 17.0 Å². The number of thiazole rings is 1. The Bertz CT molecular complexity index is 950. The van der Waals surface area contributed by atoms with E-state index >= 15 is 0 Å². The number of nitrogens with zero attached hydrogens (tertiary/aromatic N) is 3. The van der Waals surface area contributed by atoms with Gasteiger partial charge in [-0.15, -0.1) is 35.3 Å². The molecule has 0 saturated heterocycles. The maximum atomic E-state index is 13.4. The summed E-state index contributed by atoms with van der Waals surface area (Å²) in [4.78, 5) is 14.4. The lowest BCUT2D eigenvalue weighted by Crippen LogP contribution is -2.36. The SMILES string of the molecule is CCNC(=NCc1cccnc1Oc1cccc(F)c1)NCc1ncc(C)s1.I. The second-order valence-electron chi connectivity index (χ2n) is 5.94. The van der Waals surface area contributed by atoms with Crippen molar-refractivity contribution in [2.24, 2.45) is 4.99 Å². The highest BCUT2D eigenvalue weighted by atomic mass is 127. The number of rotatable bonds is 7. The highest BCUT2D eigenvalue weighted by molar-refractivity contribution is 14.0. The maximum Gasteiger partial charge on any atom is 0.224 e. The van der Waals surface area contributed by atoms with Crippen molar-refractivity contribution in [3.63, 3.8) is 0 Å². The molecule has 0 aliphatic heterocycles. The van der Waals surface area contributed by atoms with Crippen molar-refractivity contribution in [3.8, 4) is 11.6 Å². The Hall–Kier alpha value is -2.27. The summed E-state index contributed by atoms with van der Waals surface area (Å²) >= 11 is 1.65. The molecule has 6 nitrogen and oxygen atoms in total. The van der Waals surface area contributed by atoms with E-state index < -0.39 is 0 Å². The molecule has 29 heavy (non-hydrogen) atoms. The first-order chi connectivity index (χ1) is 13.6. The van der Waals surface area contributed by atoms with Gasteiger partial charge in [0, 0.05) is 35.4 Å². The highest BCUT2D eigenvalue weighted by Crippen LogP contribution is 2.24. The summed E-state index contributed by atoms with van der Waals surface area (Å²) < 4.78 is 19.1. The fraction of sp³-hybridized carbons (Fsp3) is 0.250. The van der Waals surface area contributed by atoms with E-state index in [9.17, 15) is 4.39 Å². The first kappa shape index (κ1) is 23.0. The van der Waals surface area contributed by atoms with E-state index in [2.05, 4.69) is 25.6 Å². The van der Waals surface area contributed by atoms with Crippen LogP contribution in [0.2, 0.25) is 0 Å². The number of pyridine rings is 1. The topological polar surface area (TPSA) is 71.4 Å². The fourth-order valence-electron chi connectivity index (χ4n) is 2.43. The minimum absolute atomic E-state index is 0. The van der Waals surface area contributed by atoms with Crippen LogP contribution in [0.4, 0.5) is 4.39 Å². The van der Waals surface area contributed by atoms with Gasteiger partial charge in [-0.05, 0) is 32.0 Å². The smallest absolute Gasteiger partial charge is 0.224 e. The number of hydrogen-bond acceptors (Lipinski definition) is 5. The number of aromatic nitrogens is 2. The summed E-state index contributed by atoms with van der Waals surface area (Å²) in [7, 11) is 0. The van der Waals surface area contributed by atoms with E-state index in [0.29, 0.717) is 30.7 Å². The molecule has 154 valence electrons. The number of ether oxygens (including phenoxy) is 1. The second-order valence-corrected chi connectivity index (χ2v) is 7.26. The van der Waals surface area contributed by atoms with Gasteiger partial charge < -0.3 is 15.4 Å². The lowest BCUT2D eigenvalue weighted by atomic mass is 10.2. The standard InChI is InChI=1S/C20H22FN5OS.HI/c1-3-22-20(26-13-18-24-11-14(2)28-18)25-12-15-6-5-9-23-19(15)27-17-8-4-7-16(21)10-17;/h4-11H,3,12-13H2,1-2H3,(H2,22,25,26);1H. The molecule has 0 fully saturated rings. The van der Waals surface area contributed by atoms with Crippen molar-refractivity contribution in [2.75, 3.05) is 6.54 Å². The van der Waals surface area contributed by atoms with Gasteiger partial charge in [0.1, 0.15) is 16.6 Å². The lowest BCUT2D eigenvalue weighted by molar-refractivity contribution is 0.452. The number of nitrogens with one attached hydrogen (secondary N) is 2. The van der Waals surface area contributed by atoms with Gasteiger partial charge in [-0.3, -0.25) is 0 Å². The van der Waals surface area contributed by atoms with Gasteiger partial charge >= 0.3 is 0 Å². The van der Waals surface area contributed by atoms with Crippen LogP contribution in [-0.4, -0.2) is 22.5 Å². The molecule has 0 aliphatic carbocycles. The zero-order valence-corrected chi connectivity index (χ0v) is 19.3. The number of guanidine groups is 1. The number of hydrogen-bond donors (Lipinski definition) is 2. The number of halogens is 2. The first-order valence-corrected chi connectivity index (χ1v) is 9.76. The molecular formula is C20H23FIN5OS. The van der Waals surface area contributed by atoms with Crippen LogP contribution < -0.4 is 15.4 Å². The van der Waals surface area contributed by atoms with Crippen molar-refractivity contribution < 1.29 is 9.13 Å². The van der Waals surface area contributed by atoms with Gasteiger partial charge in [-0.1, -0.05) is 12.1 Å². The molecule has 2 N–H and O–H groups in total. The Labute approximate surface area is 190 Å². The highest BCUT2D eigenvalue weighted by Gasteiger charge is 2.08. The average molecular weight is 527 g/mol. The largest absolute Gasteiger partial charge is 0.439 e. The van der Waals surface area contributed by atoms with Crippen molar-refractivity contribution in [2.45, 2.75) is 26.9 Å². The van der Waals surface area contributed by atoms with Crippen molar-refractivity contribution in [3.05, 3.63) is 70.1 Å². The van der Waals surface area contributed by atoms with Crippen LogP contribution in [0.1, 0.15) is 22.4 Å². The Morgan fingerprint density at radius 3 is 2.79 bits per heavy atom. The summed E-state index contributed by atoms with van der Waals surface area (Å²) in [6, 6.07) is 9.68. The normalized spacial score (nSPS) is 10.9. The van der Waals surface area contributed by atoms with Gasteiger partial charge in [0.05, 0.1) is 13.1 Å². The monoisotopic (exact) mass is 527 g/mol. The average Bonchev–Trinajstić information content (AvgIpc) is 3.10. The molecule has 0 atom stereocenters. The van der Waals surface area contributed by atoms with Crippen LogP contribution in [0, 0.1) is 12.7 Å². The summed E-state index contributed by atoms with van der Waals surface area (Å²) in [5.74, 6) is 1.12. The Morgan fingerprint density at radius 2 is 2.07 bits per heavy atom. The molecular weight excluding hydrogens is 504 g/mol. The summed E-state index contributed by atoms with van der Waals surface area (Å²) in [5.41, 5.74) is 0.800. The molecule has 0 radical (unpaired) electrons. The van der Waals surface area contributed by atoms with E-state index in [0.717, 1.165) is 17.1 Å². The van der Waals surface area contributed by atoms with Crippen molar-refractivity contribution >= 4 is 41.3 Å². The quantitative estimate of drug-likeness (QED) is 0.266. The third-order valence-corrected chi connectivity index (χ3v) is 4.60. The zero-order chi connectivity index (χ0) is 19.8. The minimum atomic E-state index is -0.357. The summed E-state index contributed by atoms with van der Waals surface area (Å²) in [6.07, 6.45) is 3.49. The predicted molar refractivity (Wildman–Crippen MR) is 125 cm³/mol. The second kappa shape index (κ2) is 11.7. The van der Waals surface area contributed by atoms with Gasteiger partial charge in [0.2, 0.25) is 5.88 Å². The van der Waals surface area contributed by atoms with Crippen LogP contribution in [-0.2, 0) is 13.1 Å². The molecule has 9 heteroatoms. The lowest BCUT2D eigenvalue weighted by Gasteiger charge is -2.11. The Kier molecular flexibility index (Phi) is 9.26. The Morgan fingerprint density at radius 1 is 1.21 bits per heavy atom. The van der Waals surface area contributed by atoms with Gasteiger partial charge in [0.15, 0.2) is 5.96 Å². The number of benzene rings is 1. The fourth-order valence-corrected chi connectivity index (χ4v) is 3.15. The minimum Gasteiger partial charge on any atom is -0.439 e. The van der Waals surface area contributed by atoms with Crippen LogP contribution in [0.3, 0.4) is 0 Å². The van der Waals surface area contributed by atoms with E-state index in [4.69, 9.17) is 4.74 Å². The van der Waals surface area contributed by atoms with Crippen molar-refractivity contribution in [1.29, 1.82) is 0 Å². The molecule has 2 aromatic heterocycles. The van der Waals surface area contributed by atoms with E-state index in [-0.39, 0.29) is 29.8 Å². The molecule has 0 aliphatic rings. The first-order valence-electron chi connectivity index (χ1n) is 8.95.